The number of hydrogen-bond donors (Lipinski definition) is 3. The minimum atomic E-state index is -0.229. The minimum Gasteiger partial charge on any atom is -0.399 e. The fourth-order valence-corrected chi connectivity index (χ4v) is 2.53. The second-order valence-electron chi connectivity index (χ2n) is 4.71. The van der Waals surface area contributed by atoms with E-state index in [0.717, 1.165) is 30.5 Å². The number of nitrogens with two attached hydrogens (primary N) is 1. The van der Waals surface area contributed by atoms with E-state index in [9.17, 15) is 4.79 Å². The Hall–Kier alpha value is -2.37. The number of aryl methyl sites for hydroxylation is 1. The molecule has 1 aliphatic carbocycles. The molecule has 6 nitrogen and oxygen atoms in total. The number of hydrogen-bond acceptors (Lipinski definition) is 4. The van der Waals surface area contributed by atoms with Gasteiger partial charge in [0.25, 0.3) is 5.91 Å². The van der Waals surface area contributed by atoms with Crippen LogP contribution in [0.4, 0.5) is 5.69 Å². The van der Waals surface area contributed by atoms with Crippen LogP contribution >= 0.6 is 0 Å². The van der Waals surface area contributed by atoms with Gasteiger partial charge in [0.15, 0.2) is 0 Å². The Morgan fingerprint density at radius 3 is 3.16 bits per heavy atom. The van der Waals surface area contributed by atoms with Gasteiger partial charge in [-0.3, -0.25) is 9.89 Å². The lowest BCUT2D eigenvalue weighted by Gasteiger charge is -2.26. The first-order valence-corrected chi connectivity index (χ1v) is 6.28. The van der Waals surface area contributed by atoms with Gasteiger partial charge in [0.2, 0.25) is 5.82 Å². The van der Waals surface area contributed by atoms with Crippen LogP contribution in [0.1, 0.15) is 40.6 Å². The molecule has 1 heterocycles. The summed E-state index contributed by atoms with van der Waals surface area (Å²) in [7, 11) is 0. The van der Waals surface area contributed by atoms with Crippen LogP contribution in [0.15, 0.2) is 24.5 Å². The summed E-state index contributed by atoms with van der Waals surface area (Å²) in [5, 5.41) is 9.23. The number of anilines is 1. The minimum absolute atomic E-state index is 0.0157. The van der Waals surface area contributed by atoms with Gasteiger partial charge in [-0.2, -0.15) is 5.10 Å². The quantitative estimate of drug-likeness (QED) is 0.704. The Labute approximate surface area is 110 Å². The molecule has 98 valence electrons. The van der Waals surface area contributed by atoms with Gasteiger partial charge in [-0.25, -0.2) is 4.98 Å². The Morgan fingerprint density at radius 1 is 1.47 bits per heavy atom. The molecule has 19 heavy (non-hydrogen) atoms. The third-order valence-corrected chi connectivity index (χ3v) is 3.42. The number of nitrogen functional groups attached to an aromatic ring is 1. The molecule has 0 aliphatic heterocycles. The lowest BCUT2D eigenvalue weighted by Crippen LogP contribution is -2.31. The van der Waals surface area contributed by atoms with Gasteiger partial charge in [0.05, 0.1) is 6.04 Å². The van der Waals surface area contributed by atoms with Crippen LogP contribution < -0.4 is 11.1 Å². The van der Waals surface area contributed by atoms with Crippen LogP contribution in [-0.2, 0) is 6.42 Å². The predicted molar refractivity (Wildman–Crippen MR) is 70.4 cm³/mol. The molecule has 2 aromatic rings. The van der Waals surface area contributed by atoms with Gasteiger partial charge in [0.1, 0.15) is 6.33 Å². The summed E-state index contributed by atoms with van der Waals surface area (Å²) in [5.41, 5.74) is 8.92. The normalized spacial score (nSPS) is 17.8. The zero-order chi connectivity index (χ0) is 13.2. The molecule has 1 amide bonds. The maximum Gasteiger partial charge on any atom is 0.289 e. The first kappa shape index (κ1) is 11.7. The van der Waals surface area contributed by atoms with Crippen LogP contribution in [-0.4, -0.2) is 21.1 Å². The van der Waals surface area contributed by atoms with E-state index in [1.54, 1.807) is 0 Å². The molecule has 1 aromatic carbocycles. The highest BCUT2D eigenvalue weighted by atomic mass is 16.2. The zero-order valence-corrected chi connectivity index (χ0v) is 10.4. The molecule has 6 heteroatoms. The van der Waals surface area contributed by atoms with Crippen molar-refractivity contribution in [3.63, 3.8) is 0 Å². The third-order valence-electron chi connectivity index (χ3n) is 3.42. The number of aromatic amines is 1. The van der Waals surface area contributed by atoms with Crippen LogP contribution in [0.2, 0.25) is 0 Å². The Balaban J connectivity index is 1.82. The van der Waals surface area contributed by atoms with Crippen molar-refractivity contribution in [2.75, 3.05) is 5.73 Å². The summed E-state index contributed by atoms with van der Waals surface area (Å²) in [6, 6.07) is 5.87. The molecular weight excluding hydrogens is 242 g/mol. The summed E-state index contributed by atoms with van der Waals surface area (Å²) >= 11 is 0. The molecule has 1 aromatic heterocycles. The Morgan fingerprint density at radius 2 is 2.37 bits per heavy atom. The summed E-state index contributed by atoms with van der Waals surface area (Å²) in [6.07, 6.45) is 4.30. The molecule has 1 unspecified atom stereocenters. The van der Waals surface area contributed by atoms with E-state index in [2.05, 4.69) is 20.5 Å². The van der Waals surface area contributed by atoms with E-state index in [-0.39, 0.29) is 17.8 Å². The van der Waals surface area contributed by atoms with Crippen LogP contribution in [0.25, 0.3) is 0 Å². The number of nitrogens with zero attached hydrogens (tertiary/aromatic N) is 2. The topological polar surface area (TPSA) is 96.7 Å². The average molecular weight is 257 g/mol. The van der Waals surface area contributed by atoms with Crippen molar-refractivity contribution in [3.05, 3.63) is 41.5 Å². The van der Waals surface area contributed by atoms with Gasteiger partial charge < -0.3 is 11.1 Å². The third kappa shape index (κ3) is 2.29. The molecule has 1 atom stereocenters. The molecular formula is C13H15N5O. The van der Waals surface area contributed by atoms with Crippen molar-refractivity contribution in [3.8, 4) is 0 Å². The van der Waals surface area contributed by atoms with Gasteiger partial charge in [-0.15, -0.1) is 0 Å². The van der Waals surface area contributed by atoms with Gasteiger partial charge >= 0.3 is 0 Å². The fourth-order valence-electron chi connectivity index (χ4n) is 2.53. The van der Waals surface area contributed by atoms with Gasteiger partial charge in [-0.05, 0) is 42.5 Å². The van der Waals surface area contributed by atoms with E-state index in [0.29, 0.717) is 0 Å². The van der Waals surface area contributed by atoms with Crippen molar-refractivity contribution in [2.24, 2.45) is 0 Å². The van der Waals surface area contributed by atoms with Crippen molar-refractivity contribution in [1.82, 2.24) is 20.5 Å². The smallest absolute Gasteiger partial charge is 0.289 e. The van der Waals surface area contributed by atoms with E-state index in [1.807, 2.05) is 18.2 Å². The first-order chi connectivity index (χ1) is 9.24. The number of rotatable bonds is 2. The predicted octanol–water partition coefficient (Wildman–Crippen LogP) is 1.19. The number of H-pyrrole nitrogens is 1. The van der Waals surface area contributed by atoms with Crippen LogP contribution in [0, 0.1) is 0 Å². The van der Waals surface area contributed by atoms with Crippen LogP contribution in [0.5, 0.6) is 0 Å². The summed E-state index contributed by atoms with van der Waals surface area (Å²) in [6.45, 7) is 0. The number of fused-ring (bicyclic) bond motifs is 1. The highest BCUT2D eigenvalue weighted by molar-refractivity contribution is 5.90. The van der Waals surface area contributed by atoms with E-state index >= 15 is 0 Å². The number of nitrogens with one attached hydrogen (secondary N) is 2. The van der Waals surface area contributed by atoms with Crippen LogP contribution in [0.3, 0.4) is 0 Å². The first-order valence-electron chi connectivity index (χ1n) is 6.28. The van der Waals surface area contributed by atoms with Crippen molar-refractivity contribution >= 4 is 11.6 Å². The molecule has 0 saturated carbocycles. The largest absolute Gasteiger partial charge is 0.399 e. The van der Waals surface area contributed by atoms with E-state index < -0.39 is 0 Å². The number of aromatic nitrogens is 3. The SMILES string of the molecule is Nc1ccc2c(c1)CCCC2NC(=O)c1ncn[nH]1. The molecule has 0 bridgehead atoms. The second kappa shape index (κ2) is 4.72. The summed E-state index contributed by atoms with van der Waals surface area (Å²) in [4.78, 5) is 15.8. The maximum atomic E-state index is 12.0. The fraction of sp³-hybridized carbons (Fsp3) is 0.308. The van der Waals surface area contributed by atoms with E-state index in [4.69, 9.17) is 5.73 Å². The Kier molecular flexibility index (Phi) is 2.91. The van der Waals surface area contributed by atoms with Gasteiger partial charge in [-0.1, -0.05) is 6.07 Å². The lowest BCUT2D eigenvalue weighted by atomic mass is 9.87. The summed E-state index contributed by atoms with van der Waals surface area (Å²) < 4.78 is 0. The van der Waals surface area contributed by atoms with Crippen molar-refractivity contribution in [2.45, 2.75) is 25.3 Å². The Bertz CT molecular complexity index is 593. The zero-order valence-electron chi connectivity index (χ0n) is 10.4. The second-order valence-corrected chi connectivity index (χ2v) is 4.71. The van der Waals surface area contributed by atoms with E-state index in [1.165, 1.54) is 11.9 Å². The lowest BCUT2D eigenvalue weighted by molar-refractivity contribution is 0.0922. The number of carbonyl (C=O) groups excluding carboxylic acids is 1. The average Bonchev–Trinajstić information content (AvgIpc) is 2.92. The molecule has 0 saturated heterocycles. The highest BCUT2D eigenvalue weighted by Gasteiger charge is 2.23. The number of amides is 1. The van der Waals surface area contributed by atoms with Crippen molar-refractivity contribution in [1.29, 1.82) is 0 Å². The molecule has 0 radical (unpaired) electrons. The number of benzene rings is 1. The molecule has 4 N–H and O–H groups in total. The molecule has 1 aliphatic rings. The maximum absolute atomic E-state index is 12.0. The molecule has 0 spiro atoms. The number of carbonyl (C=O) groups is 1. The van der Waals surface area contributed by atoms with Crippen molar-refractivity contribution < 1.29 is 4.79 Å². The highest BCUT2D eigenvalue weighted by Crippen LogP contribution is 2.31. The van der Waals surface area contributed by atoms with Gasteiger partial charge in [0, 0.05) is 5.69 Å². The standard InChI is InChI=1S/C13H15N5O/c14-9-4-5-10-8(6-9)2-1-3-11(10)17-13(19)12-15-7-16-18-12/h4-7,11H,1-3,14H2,(H,17,19)(H,15,16,18). The summed E-state index contributed by atoms with van der Waals surface area (Å²) in [5.74, 6) is 0.00902. The molecule has 0 fully saturated rings. The molecule has 3 rings (SSSR count). The monoisotopic (exact) mass is 257 g/mol.